The number of aliphatic hydroxyl groups excluding tert-OH is 3. The van der Waals surface area contributed by atoms with Crippen LogP contribution in [0, 0.1) is 123 Å². The van der Waals surface area contributed by atoms with Gasteiger partial charge in [0, 0.05) is 17.9 Å². The standard InChI is InChI=1S/2C20H29NO.C18H28O2/c1-20-11-14-4-3-13-9-17(22)7-8-18(13)19(14)10-15(20)5-6-16(20)12-21-2;1-20-12-14-3-2-13-10-17(22)6-7-18(13)19(14)11-16(20)5-4-15(20)8-9-21;1-18-10-12-3-2-11-8-14(19)5-6-15(11)16(12)9-13(18)4-7-17(18)20/h12-15,17-19,22H,3-11H2,1H3;8,13-14,16-19,22H,2-7,10-12H2,1H3;11-16,19H,2-10H2,1H3/b16-12-;15-8+;/t13-,14-,15+,17+,18-,19-,20+;13-,14-,16+,17+,18-,19-,20-;11-,12-,13+,14+,15-,16-,18+/m111/s1. The number of carbonyl (C=O) groups excluding carboxylic acids is 1. The van der Waals surface area contributed by atoms with Gasteiger partial charge in [-0.2, -0.15) is 5.26 Å². The first-order chi connectivity index (χ1) is 30.8. The van der Waals surface area contributed by atoms with E-state index in [1.165, 1.54) is 120 Å². The molecule has 0 aromatic carbocycles. The third-order valence-corrected chi connectivity index (χ3v) is 23.5. The van der Waals surface area contributed by atoms with Crippen LogP contribution in [-0.2, 0) is 4.79 Å². The Kier molecular flexibility index (Phi) is 13.0. The van der Waals surface area contributed by atoms with Crippen LogP contribution < -0.4 is 0 Å². The maximum atomic E-state index is 12.3. The van der Waals surface area contributed by atoms with E-state index in [2.05, 4.69) is 31.7 Å². The summed E-state index contributed by atoms with van der Waals surface area (Å²) in [6.45, 7) is 14.4. The number of rotatable bonds is 0. The first kappa shape index (κ1) is 45.8. The number of nitriles is 1. The highest BCUT2D eigenvalue weighted by molar-refractivity contribution is 5.87. The zero-order chi connectivity index (χ0) is 44.5. The Morgan fingerprint density at radius 1 is 0.500 bits per heavy atom. The summed E-state index contributed by atoms with van der Waals surface area (Å²) in [5, 5.41) is 39.0. The van der Waals surface area contributed by atoms with Crippen LogP contribution in [-0.4, -0.2) is 39.4 Å². The van der Waals surface area contributed by atoms with Crippen LogP contribution in [0.4, 0.5) is 0 Å². The molecule has 64 heavy (non-hydrogen) atoms. The molecule has 352 valence electrons. The second-order valence-electron chi connectivity index (χ2n) is 26.0. The predicted octanol–water partition coefficient (Wildman–Crippen LogP) is 12.8. The van der Waals surface area contributed by atoms with Crippen molar-refractivity contribution >= 4 is 5.78 Å². The van der Waals surface area contributed by atoms with E-state index >= 15 is 0 Å². The van der Waals surface area contributed by atoms with Gasteiger partial charge in [0.1, 0.15) is 5.78 Å². The fourth-order valence-electron chi connectivity index (χ4n) is 20.1. The Labute approximate surface area is 388 Å². The third kappa shape index (κ3) is 8.16. The van der Waals surface area contributed by atoms with Crippen molar-refractivity contribution in [2.24, 2.45) is 105 Å². The van der Waals surface area contributed by atoms with Crippen molar-refractivity contribution in [2.75, 3.05) is 0 Å². The molecule has 0 saturated heterocycles. The van der Waals surface area contributed by atoms with Gasteiger partial charge in [0.15, 0.2) is 6.20 Å². The van der Waals surface area contributed by atoms with Crippen LogP contribution in [0.2, 0.25) is 0 Å². The first-order valence-electron chi connectivity index (χ1n) is 27.5. The van der Waals surface area contributed by atoms with Gasteiger partial charge in [-0.15, -0.1) is 0 Å². The molecule has 12 aliphatic rings. The lowest BCUT2D eigenvalue weighted by atomic mass is 9.51. The second-order valence-corrected chi connectivity index (χ2v) is 26.0. The molecule has 12 fully saturated rings. The highest BCUT2D eigenvalue weighted by Gasteiger charge is 2.57. The van der Waals surface area contributed by atoms with Crippen LogP contribution >= 0.6 is 0 Å². The first-order valence-corrected chi connectivity index (χ1v) is 27.5. The van der Waals surface area contributed by atoms with Crippen LogP contribution in [0.1, 0.15) is 194 Å². The summed E-state index contributed by atoms with van der Waals surface area (Å²) in [5.74, 6) is 13.1. The van der Waals surface area contributed by atoms with Crippen molar-refractivity contribution in [1.29, 1.82) is 5.26 Å². The van der Waals surface area contributed by atoms with Crippen molar-refractivity contribution in [3.05, 3.63) is 34.8 Å². The lowest BCUT2D eigenvalue weighted by molar-refractivity contribution is -0.132. The Hall–Kier alpha value is -1.99. The second kappa shape index (κ2) is 18.2. The molecule has 0 aromatic heterocycles. The molecule has 21 atom stereocenters. The molecule has 3 N–H and O–H groups in total. The normalized spacial score (nSPS) is 53.3. The molecule has 12 aliphatic carbocycles. The number of Topliss-reactive ketones (excluding diaryl/α,β-unsaturated/α-hetero) is 1. The topological polar surface area (TPSA) is 106 Å². The molecule has 0 aliphatic heterocycles. The fraction of sp³-hybridized carbons (Fsp3) is 0.879. The minimum Gasteiger partial charge on any atom is -0.393 e. The zero-order valence-electron chi connectivity index (χ0n) is 40.3. The van der Waals surface area contributed by atoms with Crippen LogP contribution in [0.3, 0.4) is 0 Å². The molecule has 0 aromatic rings. The number of aliphatic hydroxyl groups is 3. The minimum absolute atomic E-state index is 0.0219. The van der Waals surface area contributed by atoms with Crippen LogP contribution in [0.15, 0.2) is 23.4 Å². The van der Waals surface area contributed by atoms with Gasteiger partial charge in [0.25, 0.3) is 0 Å². The van der Waals surface area contributed by atoms with Gasteiger partial charge in [-0.3, -0.25) is 4.79 Å². The number of allylic oxidation sites excluding steroid dienone is 3. The quantitative estimate of drug-likeness (QED) is 0.166. The number of carbonyl (C=O) groups is 1. The van der Waals surface area contributed by atoms with Gasteiger partial charge in [-0.25, -0.2) is 4.85 Å². The van der Waals surface area contributed by atoms with Gasteiger partial charge in [-0.05, 0) is 267 Å². The number of hydrogen-bond donors (Lipinski definition) is 3. The zero-order valence-corrected chi connectivity index (χ0v) is 40.3. The Morgan fingerprint density at radius 2 is 0.875 bits per heavy atom. The number of ketones is 1. The lowest BCUT2D eigenvalue weighted by Crippen LogP contribution is -2.47. The summed E-state index contributed by atoms with van der Waals surface area (Å²) in [7, 11) is 0. The van der Waals surface area contributed by atoms with Crippen molar-refractivity contribution in [3.63, 3.8) is 0 Å². The van der Waals surface area contributed by atoms with Gasteiger partial charge in [0.2, 0.25) is 0 Å². The van der Waals surface area contributed by atoms with Crippen molar-refractivity contribution in [1.82, 2.24) is 0 Å². The molecule has 0 heterocycles. The summed E-state index contributed by atoms with van der Waals surface area (Å²) in [4.78, 5) is 15.9. The summed E-state index contributed by atoms with van der Waals surface area (Å²) < 4.78 is 0. The maximum absolute atomic E-state index is 12.3. The molecule has 6 heteroatoms. The summed E-state index contributed by atoms with van der Waals surface area (Å²) in [6, 6.07) is 2.30. The van der Waals surface area contributed by atoms with Crippen LogP contribution in [0.5, 0.6) is 0 Å². The highest BCUT2D eigenvalue weighted by Crippen LogP contribution is 2.65. The van der Waals surface area contributed by atoms with E-state index in [4.69, 9.17) is 11.8 Å². The van der Waals surface area contributed by atoms with E-state index in [0.717, 1.165) is 147 Å². The molecular weight excluding hydrogens is 789 g/mol. The summed E-state index contributed by atoms with van der Waals surface area (Å²) in [6.07, 6.45) is 36.5. The predicted molar refractivity (Wildman–Crippen MR) is 253 cm³/mol. The van der Waals surface area contributed by atoms with Crippen molar-refractivity contribution in [3.8, 4) is 6.07 Å². The van der Waals surface area contributed by atoms with E-state index in [9.17, 15) is 20.1 Å². The fourth-order valence-corrected chi connectivity index (χ4v) is 20.1. The van der Waals surface area contributed by atoms with Crippen molar-refractivity contribution < 1.29 is 20.1 Å². The van der Waals surface area contributed by atoms with Gasteiger partial charge >= 0.3 is 0 Å². The maximum Gasteiger partial charge on any atom is 0.154 e. The van der Waals surface area contributed by atoms with Gasteiger partial charge in [-0.1, -0.05) is 31.9 Å². The Bertz CT molecular complexity index is 1780. The molecule has 0 bridgehead atoms. The third-order valence-electron chi connectivity index (χ3n) is 23.5. The Morgan fingerprint density at radius 3 is 1.31 bits per heavy atom. The number of hydrogen-bond acceptors (Lipinski definition) is 5. The van der Waals surface area contributed by atoms with E-state index in [-0.39, 0.29) is 23.7 Å². The van der Waals surface area contributed by atoms with Gasteiger partial charge in [0.05, 0.1) is 31.0 Å². The van der Waals surface area contributed by atoms with Crippen LogP contribution in [0.25, 0.3) is 4.85 Å². The average Bonchev–Trinajstić information content (AvgIpc) is 3.88. The molecule has 0 amide bonds. The largest absolute Gasteiger partial charge is 0.393 e. The molecule has 12 saturated carbocycles. The van der Waals surface area contributed by atoms with E-state index in [1.807, 2.05) is 12.3 Å². The minimum atomic E-state index is -0.0327. The Balaban J connectivity index is 0.000000114. The molecular formula is C58H86N2O4. The SMILES string of the molecule is C[C@]12C[C@H]3CC[C@@H]4C[C@@H](O)CC[C@H]4[C@@H]3C[C@@H]1CC/C2=C\C#N.C[C@]12C[C@H]3CC[C@@H]4C[C@@H](O)CC[C@H]4[C@@H]3C[C@@H]1CCC2=O.[C-]#[N+]/C=C1/CC[C@H]2C[C@@H]3[C@H](CC[C@@H]4C[C@@H](O)CC[C@H]43)C[C@]12C. The number of nitrogens with zero attached hydrogens (tertiary/aromatic N) is 2. The summed E-state index contributed by atoms with van der Waals surface area (Å²) >= 11 is 0. The number of fused-ring (bicyclic) bond motifs is 12. The highest BCUT2D eigenvalue weighted by atomic mass is 16.3. The molecule has 0 radical (unpaired) electrons. The van der Waals surface area contributed by atoms with E-state index < -0.39 is 0 Å². The monoisotopic (exact) mass is 875 g/mol. The lowest BCUT2D eigenvalue weighted by Gasteiger charge is -2.54. The van der Waals surface area contributed by atoms with Crippen molar-refractivity contribution in [2.45, 2.75) is 212 Å². The molecule has 0 unspecified atom stereocenters. The molecule has 12 rings (SSSR count). The van der Waals surface area contributed by atoms with E-state index in [0.29, 0.717) is 22.5 Å². The van der Waals surface area contributed by atoms with E-state index in [1.54, 1.807) is 0 Å². The average molecular weight is 875 g/mol. The van der Waals surface area contributed by atoms with Gasteiger partial charge < -0.3 is 15.3 Å². The molecule has 0 spiro atoms. The smallest absolute Gasteiger partial charge is 0.154 e. The molecule has 6 nitrogen and oxygen atoms in total. The summed E-state index contributed by atoms with van der Waals surface area (Å²) in [5.41, 5.74) is 3.57.